The third-order valence-electron chi connectivity index (χ3n) is 6.41. The number of nitrogens with zero attached hydrogens (tertiary/aromatic N) is 2. The van der Waals surface area contributed by atoms with Crippen LogP contribution in [0.5, 0.6) is 0 Å². The Bertz CT molecular complexity index is 886. The minimum absolute atomic E-state index is 0.0621. The number of carbonyl (C=O) groups excluding carboxylic acids is 2. The van der Waals surface area contributed by atoms with Crippen molar-refractivity contribution in [1.29, 1.82) is 0 Å². The molecule has 1 aliphatic heterocycles. The third kappa shape index (κ3) is 3.91. The van der Waals surface area contributed by atoms with Crippen molar-refractivity contribution in [2.75, 3.05) is 13.1 Å². The highest BCUT2D eigenvalue weighted by Gasteiger charge is 2.46. The van der Waals surface area contributed by atoms with Crippen LogP contribution >= 0.6 is 0 Å². The number of benzene rings is 1. The molecular formula is C24H29N3O2. The number of piperidine rings is 1. The zero-order valence-corrected chi connectivity index (χ0v) is 17.2. The fourth-order valence-electron chi connectivity index (χ4n) is 5.10. The number of amides is 2. The summed E-state index contributed by atoms with van der Waals surface area (Å²) in [7, 11) is 0. The topological polar surface area (TPSA) is 62.3 Å². The largest absolute Gasteiger partial charge is 0.354 e. The van der Waals surface area contributed by atoms with Crippen LogP contribution in [0.3, 0.4) is 0 Å². The molecule has 152 valence electrons. The molecule has 1 N–H and O–H groups in total. The van der Waals surface area contributed by atoms with Gasteiger partial charge in [-0.25, -0.2) is 0 Å². The number of nitrogens with one attached hydrogen (secondary N) is 1. The van der Waals surface area contributed by atoms with E-state index in [1.54, 1.807) is 18.5 Å². The molecule has 2 aromatic rings. The summed E-state index contributed by atoms with van der Waals surface area (Å²) in [5, 5.41) is 3.03. The first kappa shape index (κ1) is 19.6. The molecule has 1 fully saturated rings. The Kier molecular flexibility index (Phi) is 5.39. The van der Waals surface area contributed by atoms with Crippen LogP contribution in [0.4, 0.5) is 0 Å². The van der Waals surface area contributed by atoms with Crippen molar-refractivity contribution in [3.8, 4) is 0 Å². The van der Waals surface area contributed by atoms with E-state index in [4.69, 9.17) is 0 Å². The van der Waals surface area contributed by atoms with Crippen molar-refractivity contribution in [1.82, 2.24) is 15.2 Å². The Morgan fingerprint density at radius 1 is 1.17 bits per heavy atom. The monoisotopic (exact) mass is 391 g/mol. The molecule has 0 bridgehead atoms. The Labute approximate surface area is 172 Å². The molecule has 2 amide bonds. The average molecular weight is 392 g/mol. The van der Waals surface area contributed by atoms with Gasteiger partial charge in [-0.15, -0.1) is 0 Å². The summed E-state index contributed by atoms with van der Waals surface area (Å²) < 4.78 is 0. The van der Waals surface area contributed by atoms with E-state index < -0.39 is 0 Å². The summed E-state index contributed by atoms with van der Waals surface area (Å²) in [6.07, 6.45) is 6.74. The summed E-state index contributed by atoms with van der Waals surface area (Å²) >= 11 is 0. The number of hydrogen-bond acceptors (Lipinski definition) is 3. The quantitative estimate of drug-likeness (QED) is 0.865. The van der Waals surface area contributed by atoms with Crippen LogP contribution in [-0.4, -0.2) is 40.8 Å². The molecule has 0 saturated carbocycles. The van der Waals surface area contributed by atoms with Crippen molar-refractivity contribution < 1.29 is 9.59 Å². The number of hydrogen-bond donors (Lipinski definition) is 1. The lowest BCUT2D eigenvalue weighted by Gasteiger charge is -2.40. The van der Waals surface area contributed by atoms with Gasteiger partial charge in [0.1, 0.15) is 0 Å². The van der Waals surface area contributed by atoms with Crippen LogP contribution in [-0.2, 0) is 10.2 Å². The van der Waals surface area contributed by atoms with Gasteiger partial charge in [0.05, 0.1) is 5.56 Å². The van der Waals surface area contributed by atoms with Crippen molar-refractivity contribution in [2.45, 2.75) is 56.9 Å². The van der Waals surface area contributed by atoms with Gasteiger partial charge in [0.15, 0.2) is 0 Å². The normalized spacial score (nSPS) is 20.0. The van der Waals surface area contributed by atoms with Crippen LogP contribution in [0.25, 0.3) is 0 Å². The number of pyridine rings is 1. The van der Waals surface area contributed by atoms with Crippen LogP contribution in [0, 0.1) is 0 Å². The molecule has 2 heterocycles. The zero-order chi connectivity index (χ0) is 20.4. The van der Waals surface area contributed by atoms with Gasteiger partial charge in [-0.1, -0.05) is 24.3 Å². The molecule has 1 aliphatic carbocycles. The van der Waals surface area contributed by atoms with Crippen LogP contribution in [0.1, 0.15) is 66.9 Å². The van der Waals surface area contributed by atoms with E-state index in [0.717, 1.165) is 32.4 Å². The molecule has 5 nitrogen and oxygen atoms in total. The molecule has 5 heteroatoms. The van der Waals surface area contributed by atoms with E-state index in [-0.39, 0.29) is 29.2 Å². The number of rotatable bonds is 4. The number of carbonyl (C=O) groups is 2. The lowest BCUT2D eigenvalue weighted by molar-refractivity contribution is -0.122. The predicted molar refractivity (Wildman–Crippen MR) is 113 cm³/mol. The molecule has 2 aliphatic rings. The minimum Gasteiger partial charge on any atom is -0.354 e. The lowest BCUT2D eigenvalue weighted by Crippen LogP contribution is -2.44. The van der Waals surface area contributed by atoms with E-state index in [1.165, 1.54) is 11.1 Å². The average Bonchev–Trinajstić information content (AvgIpc) is 3.01. The summed E-state index contributed by atoms with van der Waals surface area (Å²) in [4.78, 5) is 31.2. The van der Waals surface area contributed by atoms with Crippen LogP contribution in [0.2, 0.25) is 0 Å². The van der Waals surface area contributed by atoms with Crippen molar-refractivity contribution >= 4 is 11.8 Å². The van der Waals surface area contributed by atoms with Crippen molar-refractivity contribution in [3.63, 3.8) is 0 Å². The highest BCUT2D eigenvalue weighted by atomic mass is 16.2. The standard InChI is InChI=1S/C24H29N3O2/c1-17(2)26-22(28)14-19-15-24(21-8-4-3-7-20(19)21)9-12-27(13-10-24)23(29)18-6-5-11-25-16-18/h3-8,11,16-17,19H,9-10,12-15H2,1-2H3,(H,26,28). The Balaban J connectivity index is 1.49. The summed E-state index contributed by atoms with van der Waals surface area (Å²) in [6.45, 7) is 5.48. The van der Waals surface area contributed by atoms with E-state index in [0.29, 0.717) is 12.0 Å². The number of fused-ring (bicyclic) bond motifs is 2. The number of aromatic nitrogens is 1. The maximum Gasteiger partial charge on any atom is 0.255 e. The van der Waals surface area contributed by atoms with Crippen LogP contribution in [0.15, 0.2) is 48.8 Å². The summed E-state index contributed by atoms with van der Waals surface area (Å²) in [5.74, 6) is 0.443. The van der Waals surface area contributed by atoms with Gasteiger partial charge < -0.3 is 10.2 Å². The molecule has 1 unspecified atom stereocenters. The first-order valence-electron chi connectivity index (χ1n) is 10.6. The van der Waals surface area contributed by atoms with E-state index in [1.807, 2.05) is 24.8 Å². The maximum absolute atomic E-state index is 12.8. The van der Waals surface area contributed by atoms with Gasteiger partial charge in [0.25, 0.3) is 5.91 Å². The Hall–Kier alpha value is -2.69. The number of likely N-dealkylation sites (tertiary alicyclic amines) is 1. The Morgan fingerprint density at radius 3 is 2.62 bits per heavy atom. The SMILES string of the molecule is CC(C)NC(=O)CC1CC2(CCN(C(=O)c3cccnc3)CC2)c2ccccc21. The summed E-state index contributed by atoms with van der Waals surface area (Å²) in [5.41, 5.74) is 3.43. The van der Waals surface area contributed by atoms with E-state index >= 15 is 0 Å². The minimum atomic E-state index is 0.0621. The second-order valence-corrected chi connectivity index (χ2v) is 8.73. The predicted octanol–water partition coefficient (Wildman–Crippen LogP) is 3.66. The molecule has 1 aromatic carbocycles. The molecule has 1 aromatic heterocycles. The van der Waals surface area contributed by atoms with Crippen molar-refractivity contribution in [3.05, 3.63) is 65.5 Å². The maximum atomic E-state index is 12.8. The first-order chi connectivity index (χ1) is 14.0. The van der Waals surface area contributed by atoms with Gasteiger partial charge in [0.2, 0.25) is 5.91 Å². The Morgan fingerprint density at radius 2 is 1.93 bits per heavy atom. The smallest absolute Gasteiger partial charge is 0.255 e. The molecule has 1 atom stereocenters. The zero-order valence-electron chi connectivity index (χ0n) is 17.2. The van der Waals surface area contributed by atoms with Gasteiger partial charge >= 0.3 is 0 Å². The van der Waals surface area contributed by atoms with Gasteiger partial charge in [-0.3, -0.25) is 14.6 Å². The molecule has 1 spiro atoms. The van der Waals surface area contributed by atoms with Gasteiger partial charge in [0, 0.05) is 37.9 Å². The fourth-order valence-corrected chi connectivity index (χ4v) is 5.10. The highest BCUT2D eigenvalue weighted by molar-refractivity contribution is 5.94. The second kappa shape index (κ2) is 7.97. The molecule has 4 rings (SSSR count). The molecule has 1 saturated heterocycles. The fraction of sp³-hybridized carbons (Fsp3) is 0.458. The van der Waals surface area contributed by atoms with Crippen LogP contribution < -0.4 is 5.32 Å². The summed E-state index contributed by atoms with van der Waals surface area (Å²) in [6, 6.07) is 12.4. The van der Waals surface area contributed by atoms with Gasteiger partial charge in [-0.2, -0.15) is 0 Å². The van der Waals surface area contributed by atoms with Gasteiger partial charge in [-0.05, 0) is 67.7 Å². The molecule has 29 heavy (non-hydrogen) atoms. The molecule has 0 radical (unpaired) electrons. The second-order valence-electron chi connectivity index (χ2n) is 8.73. The third-order valence-corrected chi connectivity index (χ3v) is 6.41. The first-order valence-corrected chi connectivity index (χ1v) is 10.6. The highest BCUT2D eigenvalue weighted by Crippen LogP contribution is 2.52. The molecular weight excluding hydrogens is 362 g/mol. The lowest BCUT2D eigenvalue weighted by atomic mass is 9.73. The van der Waals surface area contributed by atoms with E-state index in [9.17, 15) is 9.59 Å². The van der Waals surface area contributed by atoms with E-state index in [2.05, 4.69) is 34.6 Å². The van der Waals surface area contributed by atoms with Crippen molar-refractivity contribution in [2.24, 2.45) is 0 Å².